The van der Waals surface area contributed by atoms with Crippen molar-refractivity contribution in [1.29, 1.82) is 0 Å². The first kappa shape index (κ1) is 21.7. The molecule has 0 saturated heterocycles. The molecule has 1 fully saturated rings. The Morgan fingerprint density at radius 1 is 1.14 bits per heavy atom. The number of nitrogens with zero attached hydrogens (tertiary/aromatic N) is 1. The molecule has 1 heterocycles. The Balaban J connectivity index is 1.74. The first-order chi connectivity index (χ1) is 14.1. The van der Waals surface area contributed by atoms with E-state index in [2.05, 4.69) is 54.3 Å². The number of ketones is 1. The average molecular weight is 394 g/mol. The fraction of sp³-hybridized carbons (Fsp3) is 0.538. The van der Waals surface area contributed by atoms with Crippen molar-refractivity contribution in [1.82, 2.24) is 4.90 Å². The van der Waals surface area contributed by atoms with Crippen LogP contribution in [0.15, 0.2) is 48.1 Å². The molecule has 0 aromatic heterocycles. The molecule has 0 N–H and O–H groups in total. The Hall–Kier alpha value is -2.00. The third kappa shape index (κ3) is 5.54. The molecule has 0 radical (unpaired) electrons. The fourth-order valence-corrected chi connectivity index (χ4v) is 4.99. The molecule has 1 unspecified atom stereocenters. The van der Waals surface area contributed by atoms with Crippen LogP contribution in [0.3, 0.4) is 0 Å². The van der Waals surface area contributed by atoms with E-state index in [0.717, 1.165) is 57.8 Å². The van der Waals surface area contributed by atoms with Crippen LogP contribution < -0.4 is 0 Å². The second-order valence-electron chi connectivity index (χ2n) is 8.68. The van der Waals surface area contributed by atoms with Gasteiger partial charge in [0.05, 0.1) is 12.6 Å². The van der Waals surface area contributed by atoms with Crippen molar-refractivity contribution in [2.45, 2.75) is 64.8 Å². The summed E-state index contributed by atoms with van der Waals surface area (Å²) in [5, 5.41) is 0. The normalized spacial score (nSPS) is 26.6. The molecule has 156 valence electrons. The van der Waals surface area contributed by atoms with Gasteiger partial charge < -0.3 is 4.79 Å². The highest BCUT2D eigenvalue weighted by Gasteiger charge is 2.31. The van der Waals surface area contributed by atoms with E-state index < -0.39 is 0 Å². The van der Waals surface area contributed by atoms with Crippen LogP contribution in [0, 0.1) is 11.8 Å². The number of carbonyl (C=O) groups excluding carboxylic acids is 2. The zero-order valence-electron chi connectivity index (χ0n) is 18.0. The summed E-state index contributed by atoms with van der Waals surface area (Å²) in [6.45, 7) is 5.67. The summed E-state index contributed by atoms with van der Waals surface area (Å²) in [5.74, 6) is 0.742. The highest BCUT2D eigenvalue weighted by atomic mass is 16.1. The van der Waals surface area contributed by atoms with Crippen LogP contribution in [0.1, 0.15) is 69.5 Å². The Labute approximate surface area is 175 Å². The maximum atomic E-state index is 13.2. The standard InChI is InChI=1S/C26H35NO2/c1-3-4-9-20(2)26-24-15-6-5-12-22(24)16-17-27(26)18-25(29)23-13-7-10-21(19-28)11-8-14-23/h3-6,9,12,15,19,21,23,26H,7-8,10-11,13-14,16-18H2,1-2H3/b4-3-,20-9+. The van der Waals surface area contributed by atoms with Crippen LogP contribution in [-0.2, 0) is 16.0 Å². The molecule has 3 nitrogen and oxygen atoms in total. The van der Waals surface area contributed by atoms with Gasteiger partial charge >= 0.3 is 0 Å². The van der Waals surface area contributed by atoms with E-state index in [4.69, 9.17) is 0 Å². The zero-order valence-corrected chi connectivity index (χ0v) is 18.0. The Morgan fingerprint density at radius 2 is 1.86 bits per heavy atom. The van der Waals surface area contributed by atoms with E-state index in [1.165, 1.54) is 16.7 Å². The van der Waals surface area contributed by atoms with Crippen molar-refractivity contribution in [3.05, 3.63) is 59.2 Å². The van der Waals surface area contributed by atoms with Gasteiger partial charge in [-0.25, -0.2) is 0 Å². The number of Topliss-reactive ketones (excluding diaryl/α,β-unsaturated/α-hetero) is 1. The van der Waals surface area contributed by atoms with Gasteiger partial charge in [0.2, 0.25) is 0 Å². The molecule has 0 bridgehead atoms. The largest absolute Gasteiger partial charge is 0.303 e. The van der Waals surface area contributed by atoms with Crippen molar-refractivity contribution in [2.24, 2.45) is 11.8 Å². The lowest BCUT2D eigenvalue weighted by Crippen LogP contribution is -2.41. The van der Waals surface area contributed by atoms with Gasteiger partial charge in [0.25, 0.3) is 0 Å². The fourth-order valence-electron chi connectivity index (χ4n) is 4.99. The predicted octanol–water partition coefficient (Wildman–Crippen LogP) is 5.46. The third-order valence-corrected chi connectivity index (χ3v) is 6.63. The zero-order chi connectivity index (χ0) is 20.6. The minimum absolute atomic E-state index is 0.153. The molecule has 1 aromatic rings. The van der Waals surface area contributed by atoms with Gasteiger partial charge in [-0.05, 0) is 57.1 Å². The van der Waals surface area contributed by atoms with Crippen molar-refractivity contribution in [3.63, 3.8) is 0 Å². The summed E-state index contributed by atoms with van der Waals surface area (Å²) < 4.78 is 0. The van der Waals surface area contributed by atoms with Crippen LogP contribution in [0.5, 0.6) is 0 Å². The SMILES string of the molecule is C/C=C\C=C(/C)C1c2ccccc2CCN1CC(=O)C1CCCC(C=O)CCC1. The van der Waals surface area contributed by atoms with Gasteiger partial charge in [0.15, 0.2) is 0 Å². The molecular formula is C26H35NO2. The van der Waals surface area contributed by atoms with Gasteiger partial charge in [-0.15, -0.1) is 0 Å². The lowest BCUT2D eigenvalue weighted by atomic mass is 9.83. The molecule has 1 aromatic carbocycles. The number of hydrogen-bond acceptors (Lipinski definition) is 3. The van der Waals surface area contributed by atoms with Gasteiger partial charge in [-0.1, -0.05) is 60.9 Å². The number of rotatable bonds is 6. The van der Waals surface area contributed by atoms with E-state index in [-0.39, 0.29) is 17.9 Å². The Bertz CT molecular complexity index is 754. The van der Waals surface area contributed by atoms with Crippen LogP contribution in [-0.4, -0.2) is 30.1 Å². The van der Waals surface area contributed by atoms with E-state index in [0.29, 0.717) is 12.3 Å². The number of benzene rings is 1. The second kappa shape index (κ2) is 10.7. The molecule has 1 atom stereocenters. The molecule has 1 aliphatic heterocycles. The Morgan fingerprint density at radius 3 is 2.55 bits per heavy atom. The lowest BCUT2D eigenvalue weighted by Gasteiger charge is -2.38. The molecule has 2 aliphatic rings. The van der Waals surface area contributed by atoms with Crippen LogP contribution in [0.4, 0.5) is 0 Å². The number of carbonyl (C=O) groups is 2. The maximum absolute atomic E-state index is 13.2. The minimum atomic E-state index is 0.153. The van der Waals surface area contributed by atoms with E-state index in [9.17, 15) is 9.59 Å². The van der Waals surface area contributed by atoms with Gasteiger partial charge in [0.1, 0.15) is 12.1 Å². The molecule has 0 amide bonds. The maximum Gasteiger partial charge on any atom is 0.149 e. The van der Waals surface area contributed by atoms with Gasteiger partial charge in [-0.2, -0.15) is 0 Å². The van der Waals surface area contributed by atoms with Crippen molar-refractivity contribution in [2.75, 3.05) is 13.1 Å². The monoisotopic (exact) mass is 393 g/mol. The smallest absolute Gasteiger partial charge is 0.149 e. The highest BCUT2D eigenvalue weighted by molar-refractivity contribution is 5.83. The highest BCUT2D eigenvalue weighted by Crippen LogP contribution is 2.35. The summed E-state index contributed by atoms with van der Waals surface area (Å²) in [5.41, 5.74) is 4.03. The Kier molecular flexibility index (Phi) is 8.00. The molecule has 1 aliphatic carbocycles. The van der Waals surface area contributed by atoms with Crippen LogP contribution in [0.2, 0.25) is 0 Å². The molecular weight excluding hydrogens is 358 g/mol. The van der Waals surface area contributed by atoms with Crippen molar-refractivity contribution in [3.8, 4) is 0 Å². The number of hydrogen-bond donors (Lipinski definition) is 0. The van der Waals surface area contributed by atoms with E-state index >= 15 is 0 Å². The average Bonchev–Trinajstić information content (AvgIpc) is 2.71. The lowest BCUT2D eigenvalue weighted by molar-refractivity contribution is -0.125. The molecule has 3 rings (SSSR count). The molecule has 3 heteroatoms. The van der Waals surface area contributed by atoms with Gasteiger partial charge in [0, 0.05) is 18.4 Å². The van der Waals surface area contributed by atoms with Crippen molar-refractivity contribution < 1.29 is 9.59 Å². The van der Waals surface area contributed by atoms with Crippen LogP contribution in [0.25, 0.3) is 0 Å². The number of aldehydes is 1. The summed E-state index contributed by atoms with van der Waals surface area (Å²) in [6, 6.07) is 8.84. The summed E-state index contributed by atoms with van der Waals surface area (Å²) in [6.07, 6.45) is 14.2. The van der Waals surface area contributed by atoms with Crippen molar-refractivity contribution >= 4 is 12.1 Å². The minimum Gasteiger partial charge on any atom is -0.303 e. The molecule has 29 heavy (non-hydrogen) atoms. The number of fused-ring (bicyclic) bond motifs is 1. The van der Waals surface area contributed by atoms with E-state index in [1.54, 1.807) is 0 Å². The summed E-state index contributed by atoms with van der Waals surface area (Å²) in [7, 11) is 0. The predicted molar refractivity (Wildman–Crippen MR) is 119 cm³/mol. The summed E-state index contributed by atoms with van der Waals surface area (Å²) in [4.78, 5) is 26.7. The van der Waals surface area contributed by atoms with Crippen LogP contribution >= 0.6 is 0 Å². The first-order valence-electron chi connectivity index (χ1n) is 11.2. The quantitative estimate of drug-likeness (QED) is 0.475. The van der Waals surface area contributed by atoms with Gasteiger partial charge in [-0.3, -0.25) is 9.69 Å². The third-order valence-electron chi connectivity index (χ3n) is 6.63. The van der Waals surface area contributed by atoms with E-state index in [1.807, 2.05) is 6.92 Å². The molecule has 0 spiro atoms. The topological polar surface area (TPSA) is 37.4 Å². The number of allylic oxidation sites excluding steroid dienone is 3. The first-order valence-corrected chi connectivity index (χ1v) is 11.2. The molecule has 1 saturated carbocycles. The second-order valence-corrected chi connectivity index (χ2v) is 8.68. The summed E-state index contributed by atoms with van der Waals surface area (Å²) >= 11 is 0.